The number of anilines is 1. The van der Waals surface area contributed by atoms with Gasteiger partial charge in [-0.25, -0.2) is 24.2 Å². The summed E-state index contributed by atoms with van der Waals surface area (Å²) in [6, 6.07) is 10.1. The molecule has 4 amide bonds. The van der Waals surface area contributed by atoms with Crippen LogP contribution in [0.1, 0.15) is 16.8 Å². The van der Waals surface area contributed by atoms with E-state index in [0.29, 0.717) is 16.4 Å². The first-order chi connectivity index (χ1) is 20.8. The minimum Gasteiger partial charge on any atom is -0.375 e. The number of halogens is 1. The van der Waals surface area contributed by atoms with Crippen LogP contribution in [0.5, 0.6) is 0 Å². The van der Waals surface area contributed by atoms with Gasteiger partial charge in [-0.05, 0) is 29.3 Å². The number of rotatable bonds is 8. The van der Waals surface area contributed by atoms with Crippen molar-refractivity contribution in [1.82, 2.24) is 40.1 Å². The van der Waals surface area contributed by atoms with Gasteiger partial charge in [0.05, 0.1) is 36.2 Å². The molecule has 43 heavy (non-hydrogen) atoms. The molecule has 0 aliphatic carbocycles. The van der Waals surface area contributed by atoms with Gasteiger partial charge in [0.15, 0.2) is 5.13 Å². The van der Waals surface area contributed by atoms with Crippen LogP contribution in [-0.2, 0) is 29.1 Å². The molecule has 14 heteroatoms. The van der Waals surface area contributed by atoms with E-state index >= 15 is 0 Å². The first-order valence-corrected chi connectivity index (χ1v) is 14.3. The largest absolute Gasteiger partial charge is 0.375 e. The molecule has 2 fully saturated rings. The zero-order chi connectivity index (χ0) is 30.1. The Labute approximate surface area is 250 Å². The molecule has 2 aromatic heterocycles. The predicted molar refractivity (Wildman–Crippen MR) is 157 cm³/mol. The second-order valence-corrected chi connectivity index (χ2v) is 11.3. The zero-order valence-corrected chi connectivity index (χ0v) is 23.8. The van der Waals surface area contributed by atoms with Crippen LogP contribution in [0, 0.1) is 18.2 Å². The molecule has 4 heterocycles. The second-order valence-electron chi connectivity index (χ2n) is 10.3. The summed E-state index contributed by atoms with van der Waals surface area (Å²) in [7, 11) is 0. The van der Waals surface area contributed by atoms with Crippen molar-refractivity contribution in [1.29, 1.82) is 0 Å². The molecule has 6 rings (SSSR count). The molecular formula is C29H28FN9O3S. The predicted octanol–water partition coefficient (Wildman–Crippen LogP) is 1.92. The van der Waals surface area contributed by atoms with Crippen LogP contribution in [0.15, 0.2) is 55.0 Å². The van der Waals surface area contributed by atoms with E-state index in [-0.39, 0.29) is 56.8 Å². The van der Waals surface area contributed by atoms with Gasteiger partial charge in [0.25, 0.3) is 0 Å². The van der Waals surface area contributed by atoms with Gasteiger partial charge in [0.2, 0.25) is 11.8 Å². The number of carbonyl (C=O) groups excluding carboxylic acids is 3. The number of hydrogen-bond donors (Lipinski definition) is 3. The zero-order valence-electron chi connectivity index (χ0n) is 22.9. The molecule has 4 N–H and O–H groups in total. The molecule has 0 bridgehead atoms. The molecule has 2 aliphatic heterocycles. The molecule has 0 spiro atoms. The molecule has 0 unspecified atom stereocenters. The number of terminal acetylenes is 1. The highest BCUT2D eigenvalue weighted by Crippen LogP contribution is 2.32. The quantitative estimate of drug-likeness (QED) is 0.262. The number of aromatic nitrogens is 3. The number of hydrazine groups is 1. The standard InChI is InChI=1S/C29H28FN9O3S/c1-2-10-37(29(42)33-12-18-6-8-20(30)9-7-18)38-16-25(40)39-22(11-21-13-32-17-34-21)27(41)36(15-24(38)39)14-19-4-3-5-23-26(19)35-28(31)43-23/h1,3-9,13,17,22,24H,10-12,14-16H2,(H2,31,35)(H,32,34)(H,33,42)/t22-,24+/m0/s1. The number of hydrogen-bond acceptors (Lipinski definition) is 8. The fourth-order valence-corrected chi connectivity index (χ4v) is 6.37. The van der Waals surface area contributed by atoms with E-state index in [4.69, 9.17) is 12.2 Å². The number of imidazole rings is 1. The van der Waals surface area contributed by atoms with Crippen molar-refractivity contribution in [3.05, 3.63) is 77.6 Å². The van der Waals surface area contributed by atoms with Crippen LogP contribution in [0.2, 0.25) is 0 Å². The SMILES string of the molecule is C#CCN(C(=O)NCc1ccc(F)cc1)N1CC(=O)N2[C@@H](Cc3cnc[nH]3)C(=O)N(Cc3cccc4sc(N)nc34)C[C@@H]21. The van der Waals surface area contributed by atoms with Crippen molar-refractivity contribution in [2.75, 3.05) is 25.4 Å². The minimum atomic E-state index is -0.841. The number of para-hydroxylation sites is 1. The lowest BCUT2D eigenvalue weighted by Crippen LogP contribution is -2.66. The van der Waals surface area contributed by atoms with Gasteiger partial charge < -0.3 is 25.8 Å². The molecule has 12 nitrogen and oxygen atoms in total. The van der Waals surface area contributed by atoms with Gasteiger partial charge in [-0.1, -0.05) is 41.5 Å². The van der Waals surface area contributed by atoms with Gasteiger partial charge in [0, 0.05) is 31.4 Å². The molecule has 2 aromatic carbocycles. The first-order valence-electron chi connectivity index (χ1n) is 13.5. The average molecular weight is 602 g/mol. The third-order valence-corrected chi connectivity index (χ3v) is 8.41. The lowest BCUT2D eigenvalue weighted by Gasteiger charge is -2.46. The van der Waals surface area contributed by atoms with Crippen molar-refractivity contribution >= 4 is 44.5 Å². The van der Waals surface area contributed by atoms with Crippen LogP contribution in [0.25, 0.3) is 10.2 Å². The summed E-state index contributed by atoms with van der Waals surface area (Å²) in [5.41, 5.74) is 8.90. The maximum atomic E-state index is 14.0. The van der Waals surface area contributed by atoms with Crippen molar-refractivity contribution in [2.24, 2.45) is 0 Å². The first kappa shape index (κ1) is 28.1. The Morgan fingerprint density at radius 2 is 2.07 bits per heavy atom. The van der Waals surface area contributed by atoms with E-state index in [2.05, 4.69) is 26.2 Å². The highest BCUT2D eigenvalue weighted by Gasteiger charge is 2.52. The number of nitrogens with two attached hydrogens (primary N) is 1. The number of nitrogens with one attached hydrogen (secondary N) is 2. The summed E-state index contributed by atoms with van der Waals surface area (Å²) in [5.74, 6) is 1.59. The maximum Gasteiger partial charge on any atom is 0.333 e. The summed E-state index contributed by atoms with van der Waals surface area (Å²) < 4.78 is 14.2. The Balaban J connectivity index is 1.30. The monoisotopic (exact) mass is 601 g/mol. The number of piperazine rings is 1. The fraction of sp³-hybridized carbons (Fsp3) is 0.276. The van der Waals surface area contributed by atoms with E-state index in [9.17, 15) is 18.8 Å². The number of fused-ring (bicyclic) bond motifs is 2. The Morgan fingerprint density at radius 3 is 2.81 bits per heavy atom. The molecule has 4 aromatic rings. The molecule has 2 saturated heterocycles. The normalized spacial score (nSPS) is 18.6. The van der Waals surface area contributed by atoms with Crippen LogP contribution >= 0.6 is 11.3 Å². The topological polar surface area (TPSA) is 144 Å². The number of aromatic amines is 1. The van der Waals surface area contributed by atoms with Crippen LogP contribution < -0.4 is 11.1 Å². The van der Waals surface area contributed by atoms with Crippen molar-refractivity contribution in [3.8, 4) is 12.3 Å². The van der Waals surface area contributed by atoms with Gasteiger partial charge >= 0.3 is 6.03 Å². The number of benzene rings is 2. The van der Waals surface area contributed by atoms with Gasteiger partial charge in [-0.3, -0.25) is 9.59 Å². The summed E-state index contributed by atoms with van der Waals surface area (Å²) in [4.78, 5) is 55.7. The summed E-state index contributed by atoms with van der Waals surface area (Å²) in [5, 5.41) is 6.16. The molecule has 2 aliphatic rings. The van der Waals surface area contributed by atoms with Crippen molar-refractivity contribution < 1.29 is 18.8 Å². The smallest absolute Gasteiger partial charge is 0.333 e. The van der Waals surface area contributed by atoms with E-state index in [1.54, 1.807) is 28.2 Å². The summed E-state index contributed by atoms with van der Waals surface area (Å²) in [6.45, 7) is 0.242. The minimum absolute atomic E-state index is 0.108. The van der Waals surface area contributed by atoms with Gasteiger partial charge in [-0.15, -0.1) is 6.42 Å². The number of nitrogen functional groups attached to an aromatic ring is 1. The third-order valence-electron chi connectivity index (χ3n) is 7.56. The highest BCUT2D eigenvalue weighted by molar-refractivity contribution is 7.22. The molecule has 0 saturated carbocycles. The summed E-state index contributed by atoms with van der Waals surface area (Å²) in [6.07, 6.45) is 8.34. The maximum absolute atomic E-state index is 14.0. The van der Waals surface area contributed by atoms with Crippen LogP contribution in [-0.4, -0.2) is 84.5 Å². The van der Waals surface area contributed by atoms with E-state index in [1.807, 2.05) is 18.2 Å². The number of thiazole rings is 1. The second kappa shape index (κ2) is 11.7. The van der Waals surface area contributed by atoms with Gasteiger partial charge in [-0.2, -0.15) is 5.01 Å². The van der Waals surface area contributed by atoms with E-state index < -0.39 is 18.2 Å². The van der Waals surface area contributed by atoms with Crippen LogP contribution in [0.4, 0.5) is 14.3 Å². The van der Waals surface area contributed by atoms with Crippen molar-refractivity contribution in [3.63, 3.8) is 0 Å². The van der Waals surface area contributed by atoms with E-state index in [0.717, 1.165) is 15.8 Å². The van der Waals surface area contributed by atoms with Crippen LogP contribution in [0.3, 0.4) is 0 Å². The Bertz CT molecular complexity index is 1700. The number of urea groups is 1. The Hall–Kier alpha value is -5.00. The fourth-order valence-electron chi connectivity index (χ4n) is 5.59. The third kappa shape index (κ3) is 5.60. The Morgan fingerprint density at radius 1 is 1.26 bits per heavy atom. The van der Waals surface area contributed by atoms with Gasteiger partial charge in [0.1, 0.15) is 18.0 Å². The summed E-state index contributed by atoms with van der Waals surface area (Å²) >= 11 is 1.37. The highest BCUT2D eigenvalue weighted by atomic mass is 32.1. The number of carbonyl (C=O) groups is 3. The van der Waals surface area contributed by atoms with E-state index in [1.165, 1.54) is 39.7 Å². The molecular weight excluding hydrogens is 573 g/mol. The number of H-pyrrole nitrogens is 1. The molecule has 220 valence electrons. The molecule has 0 radical (unpaired) electrons. The molecule has 2 atom stereocenters. The number of nitrogens with zero attached hydrogens (tertiary/aromatic N) is 6. The number of amides is 4. The lowest BCUT2D eigenvalue weighted by atomic mass is 10.0. The van der Waals surface area contributed by atoms with Crippen molar-refractivity contribution in [2.45, 2.75) is 31.7 Å². The average Bonchev–Trinajstić information content (AvgIpc) is 3.72. The Kier molecular flexibility index (Phi) is 7.66. The lowest BCUT2D eigenvalue weighted by molar-refractivity contribution is -0.157.